The lowest BCUT2D eigenvalue weighted by atomic mass is 10.1. The van der Waals surface area contributed by atoms with E-state index in [1.54, 1.807) is 0 Å². The van der Waals surface area contributed by atoms with Crippen molar-refractivity contribution in [1.29, 1.82) is 0 Å². The summed E-state index contributed by atoms with van der Waals surface area (Å²) >= 11 is 0. The van der Waals surface area contributed by atoms with Gasteiger partial charge in [0.15, 0.2) is 0 Å². The summed E-state index contributed by atoms with van der Waals surface area (Å²) in [5.41, 5.74) is 2.06. The molecule has 0 radical (unpaired) electrons. The second kappa shape index (κ2) is 4.32. The van der Waals surface area contributed by atoms with E-state index < -0.39 is 0 Å². The zero-order valence-electron chi connectivity index (χ0n) is 9.59. The van der Waals surface area contributed by atoms with E-state index in [1.165, 1.54) is 4.80 Å². The van der Waals surface area contributed by atoms with Gasteiger partial charge >= 0.3 is 0 Å². The molecule has 0 aliphatic carbocycles. The van der Waals surface area contributed by atoms with Gasteiger partial charge in [0.05, 0.1) is 6.54 Å². The molecule has 3 rings (SSSR count). The Morgan fingerprint density at radius 3 is 2.89 bits per heavy atom. The van der Waals surface area contributed by atoms with Crippen molar-refractivity contribution < 1.29 is 0 Å². The average molecular weight is 241 g/mol. The number of benzene rings is 1. The number of aryl methyl sites for hydroxylation is 1. The fourth-order valence-corrected chi connectivity index (χ4v) is 1.59. The van der Waals surface area contributed by atoms with Crippen molar-refractivity contribution in [3.8, 4) is 11.4 Å². The minimum Gasteiger partial charge on any atom is -0.333 e. The van der Waals surface area contributed by atoms with Gasteiger partial charge in [-0.2, -0.15) is 10.0 Å². The van der Waals surface area contributed by atoms with Crippen LogP contribution in [-0.4, -0.2) is 35.7 Å². The third kappa shape index (κ3) is 1.95. The number of rotatable bonds is 3. The largest absolute Gasteiger partial charge is 0.333 e. The summed E-state index contributed by atoms with van der Waals surface area (Å²) in [7, 11) is 0. The SMILES string of the molecule is Cc1ccccc1-c1nnn(Cc2nnn[n-]2)n1. The van der Waals surface area contributed by atoms with Crippen molar-refractivity contribution in [1.82, 2.24) is 40.8 Å². The van der Waals surface area contributed by atoms with Gasteiger partial charge < -0.3 is 5.10 Å². The Morgan fingerprint density at radius 1 is 1.22 bits per heavy atom. The highest BCUT2D eigenvalue weighted by atomic mass is 15.6. The van der Waals surface area contributed by atoms with Gasteiger partial charge in [0, 0.05) is 11.4 Å². The molecular formula is C10H9N8-. The third-order valence-electron chi connectivity index (χ3n) is 2.48. The van der Waals surface area contributed by atoms with Gasteiger partial charge in [-0.1, -0.05) is 24.3 Å². The van der Waals surface area contributed by atoms with E-state index in [1.807, 2.05) is 31.2 Å². The molecule has 8 heteroatoms. The van der Waals surface area contributed by atoms with Crippen LogP contribution < -0.4 is 5.10 Å². The molecule has 8 nitrogen and oxygen atoms in total. The Hall–Kier alpha value is -2.64. The molecule has 90 valence electrons. The predicted molar refractivity (Wildman–Crippen MR) is 60.2 cm³/mol. The number of tetrazole rings is 2. The molecule has 2 aromatic heterocycles. The zero-order chi connectivity index (χ0) is 12.4. The second-order valence-corrected chi connectivity index (χ2v) is 3.75. The van der Waals surface area contributed by atoms with Crippen molar-refractivity contribution in [3.63, 3.8) is 0 Å². The lowest BCUT2D eigenvalue weighted by molar-refractivity contribution is 0.553. The maximum absolute atomic E-state index is 4.28. The molecule has 0 atom stereocenters. The Labute approximate surface area is 102 Å². The Kier molecular flexibility index (Phi) is 2.52. The van der Waals surface area contributed by atoms with E-state index in [4.69, 9.17) is 0 Å². The van der Waals surface area contributed by atoms with E-state index in [0.29, 0.717) is 18.2 Å². The lowest BCUT2D eigenvalue weighted by Gasteiger charge is -1.99. The molecule has 0 fully saturated rings. The molecule has 0 saturated heterocycles. The summed E-state index contributed by atoms with van der Waals surface area (Å²) < 4.78 is 0. The molecule has 1 aromatic carbocycles. The molecule has 18 heavy (non-hydrogen) atoms. The van der Waals surface area contributed by atoms with Crippen LogP contribution in [0.4, 0.5) is 0 Å². The summed E-state index contributed by atoms with van der Waals surface area (Å²) in [5, 5.41) is 26.5. The van der Waals surface area contributed by atoms with Crippen LogP contribution in [-0.2, 0) is 6.54 Å². The van der Waals surface area contributed by atoms with Crippen LogP contribution in [0.15, 0.2) is 24.3 Å². The van der Waals surface area contributed by atoms with Crippen LogP contribution >= 0.6 is 0 Å². The Balaban J connectivity index is 1.88. The minimum absolute atomic E-state index is 0.311. The first-order valence-electron chi connectivity index (χ1n) is 5.34. The number of hydrogen-bond donors (Lipinski definition) is 0. The normalized spacial score (nSPS) is 10.7. The zero-order valence-corrected chi connectivity index (χ0v) is 9.59. The van der Waals surface area contributed by atoms with Crippen molar-refractivity contribution in [3.05, 3.63) is 35.7 Å². The number of hydrogen-bond acceptors (Lipinski definition) is 6. The topological polar surface area (TPSA) is 96.4 Å². The molecule has 0 aliphatic rings. The number of aromatic nitrogens is 8. The lowest BCUT2D eigenvalue weighted by Crippen LogP contribution is -2.06. The highest BCUT2D eigenvalue weighted by molar-refractivity contribution is 5.58. The van der Waals surface area contributed by atoms with Gasteiger partial charge in [-0.3, -0.25) is 10.3 Å². The van der Waals surface area contributed by atoms with Crippen molar-refractivity contribution in [2.75, 3.05) is 0 Å². The van der Waals surface area contributed by atoms with E-state index >= 15 is 0 Å². The summed E-state index contributed by atoms with van der Waals surface area (Å²) in [6, 6.07) is 7.87. The fourth-order valence-electron chi connectivity index (χ4n) is 1.59. The summed E-state index contributed by atoms with van der Waals surface area (Å²) in [4.78, 5) is 1.42. The first-order chi connectivity index (χ1) is 8.83. The quantitative estimate of drug-likeness (QED) is 0.628. The van der Waals surface area contributed by atoms with Crippen molar-refractivity contribution in [2.24, 2.45) is 0 Å². The molecule has 0 unspecified atom stereocenters. The van der Waals surface area contributed by atoms with E-state index in [9.17, 15) is 0 Å². The molecule has 2 heterocycles. The van der Waals surface area contributed by atoms with Crippen molar-refractivity contribution >= 4 is 0 Å². The van der Waals surface area contributed by atoms with Crippen LogP contribution in [0.3, 0.4) is 0 Å². The monoisotopic (exact) mass is 241 g/mol. The molecule has 3 aromatic rings. The van der Waals surface area contributed by atoms with Gasteiger partial charge in [0.25, 0.3) is 0 Å². The average Bonchev–Trinajstić information content (AvgIpc) is 3.02. The highest BCUT2D eigenvalue weighted by Crippen LogP contribution is 2.17. The molecule has 0 aliphatic heterocycles. The van der Waals surface area contributed by atoms with Gasteiger partial charge in [0.1, 0.15) is 0 Å². The molecule has 0 amide bonds. The second-order valence-electron chi connectivity index (χ2n) is 3.75. The van der Waals surface area contributed by atoms with Gasteiger partial charge in [-0.25, -0.2) is 0 Å². The standard InChI is InChI=1S/C10H9N8/c1-7-4-2-3-5-8(7)10-13-17-18(14-10)6-9-11-15-16-12-9/h2-5H,6H2,1H3/q-1. The van der Waals surface area contributed by atoms with Crippen molar-refractivity contribution in [2.45, 2.75) is 13.5 Å². The predicted octanol–water partition coefficient (Wildman–Crippen LogP) is -0.161. The van der Waals surface area contributed by atoms with E-state index in [-0.39, 0.29) is 0 Å². The van der Waals surface area contributed by atoms with Crippen LogP contribution in [0.1, 0.15) is 11.4 Å². The Morgan fingerprint density at radius 2 is 2.11 bits per heavy atom. The molecule has 0 spiro atoms. The van der Waals surface area contributed by atoms with Gasteiger partial charge in [-0.05, 0) is 17.7 Å². The minimum atomic E-state index is 0.311. The molecular weight excluding hydrogens is 232 g/mol. The van der Waals surface area contributed by atoms with Gasteiger partial charge in [-0.15, -0.1) is 10.2 Å². The van der Waals surface area contributed by atoms with Gasteiger partial charge in [0.2, 0.25) is 5.82 Å². The summed E-state index contributed by atoms with van der Waals surface area (Å²) in [6.45, 7) is 2.32. The summed E-state index contributed by atoms with van der Waals surface area (Å²) in [5.74, 6) is 1.05. The molecule has 0 N–H and O–H groups in total. The fraction of sp³-hybridized carbons (Fsp3) is 0.200. The maximum Gasteiger partial charge on any atom is 0.205 e. The van der Waals surface area contributed by atoms with Crippen LogP contribution in [0, 0.1) is 6.92 Å². The maximum atomic E-state index is 4.28. The first-order valence-corrected chi connectivity index (χ1v) is 5.34. The van der Waals surface area contributed by atoms with E-state index in [2.05, 4.69) is 36.0 Å². The van der Waals surface area contributed by atoms with Crippen LogP contribution in [0.25, 0.3) is 11.4 Å². The summed E-state index contributed by atoms with van der Waals surface area (Å²) in [6.07, 6.45) is 0. The van der Waals surface area contributed by atoms with E-state index in [0.717, 1.165) is 11.1 Å². The molecule has 0 bridgehead atoms. The van der Waals surface area contributed by atoms with Crippen LogP contribution in [0.5, 0.6) is 0 Å². The third-order valence-corrected chi connectivity index (χ3v) is 2.48. The Bertz CT molecular complexity index is 641. The smallest absolute Gasteiger partial charge is 0.205 e. The van der Waals surface area contributed by atoms with Crippen LogP contribution in [0.2, 0.25) is 0 Å². The highest BCUT2D eigenvalue weighted by Gasteiger charge is 2.07. The first kappa shape index (κ1) is 10.5. The number of nitrogens with zero attached hydrogens (tertiary/aromatic N) is 8. The molecule has 0 saturated carbocycles.